The summed E-state index contributed by atoms with van der Waals surface area (Å²) >= 11 is 0. The maximum atomic E-state index is 12.2. The molecule has 10 N–H and O–H groups in total. The number of nitrogens with one attached hydrogen (secondary N) is 3. The van der Waals surface area contributed by atoms with Gasteiger partial charge in [0.05, 0.1) is 18.6 Å². The van der Waals surface area contributed by atoms with E-state index in [1.165, 1.54) is 0 Å². The van der Waals surface area contributed by atoms with E-state index in [0.29, 0.717) is 38.9 Å². The Kier molecular flexibility index (Phi) is 20.3. The quantitative estimate of drug-likeness (QED) is 0.0887. The van der Waals surface area contributed by atoms with Gasteiger partial charge in [-0.1, -0.05) is 19.3 Å². The van der Waals surface area contributed by atoms with Crippen molar-refractivity contribution in [3.8, 4) is 0 Å². The Hall–Kier alpha value is -2.15. The minimum atomic E-state index is -1.41. The second-order valence-corrected chi connectivity index (χ2v) is 7.88. The normalized spacial score (nSPS) is 12.6. The van der Waals surface area contributed by atoms with Gasteiger partial charge in [-0.25, -0.2) is 9.59 Å². The van der Waals surface area contributed by atoms with E-state index in [2.05, 4.69) is 20.7 Å². The summed E-state index contributed by atoms with van der Waals surface area (Å²) in [4.78, 5) is 35.1. The first-order valence-corrected chi connectivity index (χ1v) is 11.8. The smallest absolute Gasteiger partial charge is 0.450 e. The number of amides is 2. The van der Waals surface area contributed by atoms with Crippen LogP contribution in [-0.4, -0.2) is 81.3 Å². The molecule has 0 aromatic carbocycles. The van der Waals surface area contributed by atoms with Crippen molar-refractivity contribution in [2.45, 2.75) is 69.9 Å². The Morgan fingerprint density at radius 3 is 1.85 bits per heavy atom. The van der Waals surface area contributed by atoms with Gasteiger partial charge in [-0.3, -0.25) is 4.79 Å². The number of unbranched alkanes of at least 4 members (excludes halogenated alkanes) is 4. The minimum absolute atomic E-state index is 0.00600. The lowest BCUT2D eigenvalue weighted by atomic mass is 10.1. The summed E-state index contributed by atoms with van der Waals surface area (Å²) in [7, 11) is 0. The van der Waals surface area contributed by atoms with Crippen molar-refractivity contribution >= 4 is 18.2 Å². The number of hydrogen-bond acceptors (Lipinski definition) is 9. The van der Waals surface area contributed by atoms with E-state index in [4.69, 9.17) is 27.0 Å². The van der Waals surface area contributed by atoms with Crippen LogP contribution in [0.25, 0.3) is 0 Å². The topological polar surface area (TPSA) is 204 Å². The summed E-state index contributed by atoms with van der Waals surface area (Å²) in [5, 5.41) is 17.3. The molecule has 0 aliphatic rings. The van der Waals surface area contributed by atoms with Crippen molar-refractivity contribution < 1.29 is 29.0 Å². The Bertz CT molecular complexity index is 525. The molecule has 194 valence electrons. The number of carbonyl (C=O) groups is 3. The van der Waals surface area contributed by atoms with Crippen molar-refractivity contribution in [2.24, 2.45) is 17.2 Å². The Labute approximate surface area is 196 Å². The van der Waals surface area contributed by atoms with Gasteiger partial charge in [-0.15, -0.1) is 0 Å². The molecule has 2 atom stereocenters. The van der Waals surface area contributed by atoms with Crippen LogP contribution in [0.4, 0.5) is 9.59 Å². The van der Waals surface area contributed by atoms with Crippen LogP contribution < -0.4 is 33.2 Å². The first-order chi connectivity index (χ1) is 15.9. The number of hydrogen-bond donors (Lipinski definition) is 7. The Morgan fingerprint density at radius 2 is 1.27 bits per heavy atom. The van der Waals surface area contributed by atoms with Gasteiger partial charge in [0.25, 0.3) is 0 Å². The molecule has 0 heterocycles. The van der Waals surface area contributed by atoms with Gasteiger partial charge in [0.1, 0.15) is 13.2 Å². The molecule has 0 bridgehead atoms. The molecule has 0 saturated heterocycles. The highest BCUT2D eigenvalue weighted by Crippen LogP contribution is 2.04. The molecule has 0 unspecified atom stereocenters. The van der Waals surface area contributed by atoms with Crippen molar-refractivity contribution in [2.75, 3.05) is 45.9 Å². The third-order valence-electron chi connectivity index (χ3n) is 4.87. The highest BCUT2D eigenvalue weighted by atomic mass is 16.7. The van der Waals surface area contributed by atoms with Gasteiger partial charge in [-0.2, -0.15) is 0 Å². The molecule has 0 aliphatic carbocycles. The zero-order valence-corrected chi connectivity index (χ0v) is 19.7. The summed E-state index contributed by atoms with van der Waals surface area (Å²) in [5.41, 5.74) is 16.5. The molecule has 0 saturated carbocycles. The summed E-state index contributed by atoms with van der Waals surface area (Å²) in [6.07, 6.45) is 4.99. The molecular formula is C21H44N6O6. The van der Waals surface area contributed by atoms with Crippen LogP contribution in [0.2, 0.25) is 0 Å². The van der Waals surface area contributed by atoms with Crippen molar-refractivity contribution in [1.82, 2.24) is 16.0 Å². The lowest BCUT2D eigenvalue weighted by molar-refractivity contribution is -0.121. The molecule has 0 aliphatic heterocycles. The molecule has 0 fully saturated rings. The predicted octanol–water partition coefficient (Wildman–Crippen LogP) is 0.237. The molecule has 0 spiro atoms. The fourth-order valence-corrected chi connectivity index (χ4v) is 3.07. The average Bonchev–Trinajstić information content (AvgIpc) is 2.78. The minimum Gasteiger partial charge on any atom is -0.450 e. The molecule has 0 aromatic rings. The van der Waals surface area contributed by atoms with Crippen molar-refractivity contribution in [1.29, 1.82) is 0 Å². The molecule has 0 aromatic heterocycles. The Morgan fingerprint density at radius 1 is 0.727 bits per heavy atom. The maximum Gasteiger partial charge on any atom is 0.505 e. The summed E-state index contributed by atoms with van der Waals surface area (Å²) in [6.45, 7) is 2.44. The van der Waals surface area contributed by atoms with E-state index < -0.39 is 18.3 Å². The number of carbonyl (C=O) groups excluding carboxylic acids is 2. The molecule has 0 radical (unpaired) electrons. The number of rotatable bonds is 21. The highest BCUT2D eigenvalue weighted by molar-refractivity contribution is 5.78. The molecular weight excluding hydrogens is 432 g/mol. The van der Waals surface area contributed by atoms with Gasteiger partial charge < -0.3 is 47.7 Å². The monoisotopic (exact) mass is 476 g/mol. The van der Waals surface area contributed by atoms with E-state index in [-0.39, 0.29) is 31.7 Å². The van der Waals surface area contributed by atoms with Gasteiger partial charge in [-0.05, 0) is 64.7 Å². The lowest BCUT2D eigenvalue weighted by Crippen LogP contribution is -2.45. The largest absolute Gasteiger partial charge is 0.505 e. The molecule has 2 amide bonds. The van der Waals surface area contributed by atoms with Crippen LogP contribution in [0.5, 0.6) is 0 Å². The SMILES string of the molecule is NCCCCCNCC(=O)N[C@H](CCCCN)COC(=O)N[C@@H](CCCCN)COC(=O)O. The molecule has 12 heteroatoms. The zero-order valence-electron chi connectivity index (χ0n) is 19.7. The van der Waals surface area contributed by atoms with E-state index in [1.54, 1.807) is 0 Å². The average molecular weight is 477 g/mol. The number of alkyl carbamates (subject to hydrolysis) is 1. The van der Waals surface area contributed by atoms with Crippen molar-refractivity contribution in [3.63, 3.8) is 0 Å². The summed E-state index contributed by atoms with van der Waals surface area (Å²) in [6, 6.07) is -0.867. The van der Waals surface area contributed by atoms with Crippen molar-refractivity contribution in [3.05, 3.63) is 0 Å². The van der Waals surface area contributed by atoms with Crippen LogP contribution in [0.3, 0.4) is 0 Å². The molecule has 0 rings (SSSR count). The van der Waals surface area contributed by atoms with Gasteiger partial charge in [0.2, 0.25) is 5.91 Å². The van der Waals surface area contributed by atoms with Crippen LogP contribution >= 0.6 is 0 Å². The van der Waals surface area contributed by atoms with E-state index in [9.17, 15) is 14.4 Å². The van der Waals surface area contributed by atoms with Gasteiger partial charge in [0.15, 0.2) is 0 Å². The standard InChI is InChI=1S/C21H44N6O6/c22-10-4-1-7-13-25-14-19(28)26-17(8-2-5-11-23)15-32-20(29)27-18(9-3-6-12-24)16-33-21(30)31/h17-18,25H,1-16,22-24H2,(H,26,28)(H,27,29)(H,30,31)/t17-,18+/m1/s1. The number of carboxylic acid groups (broad SMARTS) is 1. The molecule has 33 heavy (non-hydrogen) atoms. The number of ether oxygens (including phenoxy) is 2. The summed E-state index contributed by atoms with van der Waals surface area (Å²) in [5.74, 6) is -0.176. The van der Waals surface area contributed by atoms with Crippen LogP contribution in [0.15, 0.2) is 0 Å². The molecule has 12 nitrogen and oxygen atoms in total. The van der Waals surface area contributed by atoms with Crippen LogP contribution in [-0.2, 0) is 14.3 Å². The van der Waals surface area contributed by atoms with E-state index >= 15 is 0 Å². The zero-order chi connectivity index (χ0) is 24.7. The van der Waals surface area contributed by atoms with E-state index in [0.717, 1.165) is 45.1 Å². The lowest BCUT2D eigenvalue weighted by Gasteiger charge is -2.21. The predicted molar refractivity (Wildman–Crippen MR) is 126 cm³/mol. The number of nitrogens with two attached hydrogens (primary N) is 3. The third-order valence-corrected chi connectivity index (χ3v) is 4.87. The second-order valence-electron chi connectivity index (χ2n) is 7.88. The second kappa shape index (κ2) is 21.7. The van der Waals surface area contributed by atoms with E-state index in [1.807, 2.05) is 0 Å². The first kappa shape index (κ1) is 30.9. The van der Waals surface area contributed by atoms with Crippen LogP contribution in [0, 0.1) is 0 Å². The fourth-order valence-electron chi connectivity index (χ4n) is 3.07. The van der Waals surface area contributed by atoms with Gasteiger partial charge in [0, 0.05) is 0 Å². The first-order valence-electron chi connectivity index (χ1n) is 11.8. The highest BCUT2D eigenvalue weighted by Gasteiger charge is 2.18. The maximum absolute atomic E-state index is 12.2. The van der Waals surface area contributed by atoms with Gasteiger partial charge >= 0.3 is 12.2 Å². The third kappa shape index (κ3) is 20.2. The Balaban J connectivity index is 4.51. The summed E-state index contributed by atoms with van der Waals surface area (Å²) < 4.78 is 9.87. The fraction of sp³-hybridized carbons (Fsp3) is 0.857. The van der Waals surface area contributed by atoms with Crippen LogP contribution in [0.1, 0.15) is 57.8 Å².